The highest BCUT2D eigenvalue weighted by molar-refractivity contribution is 6.42. The molecule has 0 radical (unpaired) electrons. The third kappa shape index (κ3) is 5.77. The minimum Gasteiger partial charge on any atom is -0.490 e. The van der Waals surface area contributed by atoms with Gasteiger partial charge in [0.25, 0.3) is 5.91 Å². The zero-order valence-electron chi connectivity index (χ0n) is 15.9. The number of likely N-dealkylation sites (tertiary alicyclic amines) is 1. The Morgan fingerprint density at radius 3 is 2.46 bits per heavy atom. The van der Waals surface area contributed by atoms with Crippen LogP contribution in [0.2, 0.25) is 10.0 Å². The number of halogens is 2. The van der Waals surface area contributed by atoms with Gasteiger partial charge in [-0.25, -0.2) is 0 Å². The van der Waals surface area contributed by atoms with Crippen LogP contribution in [0.15, 0.2) is 42.5 Å². The Kier molecular flexibility index (Phi) is 7.43. The van der Waals surface area contributed by atoms with Gasteiger partial charge in [-0.1, -0.05) is 23.2 Å². The zero-order valence-corrected chi connectivity index (χ0v) is 17.4. The zero-order chi connectivity index (χ0) is 19.9. The average molecular weight is 422 g/mol. The largest absolute Gasteiger partial charge is 0.490 e. The van der Waals surface area contributed by atoms with Crippen LogP contribution in [0, 0.1) is 0 Å². The van der Waals surface area contributed by atoms with Gasteiger partial charge in [0.2, 0.25) is 0 Å². The predicted molar refractivity (Wildman–Crippen MR) is 115 cm³/mol. The van der Waals surface area contributed by atoms with E-state index < -0.39 is 0 Å². The van der Waals surface area contributed by atoms with E-state index in [1.54, 1.807) is 12.1 Å². The van der Waals surface area contributed by atoms with E-state index in [0.717, 1.165) is 43.9 Å². The second-order valence-corrected chi connectivity index (χ2v) is 7.63. The number of anilines is 1. The van der Waals surface area contributed by atoms with Crippen molar-refractivity contribution < 1.29 is 9.53 Å². The van der Waals surface area contributed by atoms with E-state index in [1.807, 2.05) is 37.4 Å². The number of rotatable bonds is 7. The van der Waals surface area contributed by atoms with Gasteiger partial charge in [-0.2, -0.15) is 0 Å². The van der Waals surface area contributed by atoms with Crippen LogP contribution in [0.4, 0.5) is 5.69 Å². The highest BCUT2D eigenvalue weighted by Gasteiger charge is 2.20. The number of nitrogens with zero attached hydrogens (tertiary/aromatic N) is 1. The van der Waals surface area contributed by atoms with Crippen LogP contribution in [-0.4, -0.2) is 50.1 Å². The number of hydrogen-bond acceptors (Lipinski definition) is 4. The second-order valence-electron chi connectivity index (χ2n) is 6.82. The molecule has 28 heavy (non-hydrogen) atoms. The molecule has 1 heterocycles. The van der Waals surface area contributed by atoms with Crippen molar-refractivity contribution in [3.8, 4) is 5.75 Å². The topological polar surface area (TPSA) is 53.6 Å². The quantitative estimate of drug-likeness (QED) is 0.699. The molecule has 0 aliphatic carbocycles. The standard InChI is InChI=1S/C21H25Cl2N3O2/c1-24-16-4-2-15(3-5-16)21(27)25-10-13-26-11-8-17(9-12-26)28-18-6-7-19(22)20(23)14-18/h2-7,14,17,24H,8-13H2,1H3,(H,25,27). The molecule has 0 spiro atoms. The fourth-order valence-electron chi connectivity index (χ4n) is 3.21. The van der Waals surface area contributed by atoms with Gasteiger partial charge in [-0.3, -0.25) is 4.79 Å². The van der Waals surface area contributed by atoms with Crippen molar-refractivity contribution in [1.82, 2.24) is 10.2 Å². The van der Waals surface area contributed by atoms with E-state index in [9.17, 15) is 4.79 Å². The molecule has 150 valence electrons. The first kappa shape index (κ1) is 20.8. The summed E-state index contributed by atoms with van der Waals surface area (Å²) in [4.78, 5) is 14.5. The number of carbonyl (C=O) groups excluding carboxylic acids is 1. The van der Waals surface area contributed by atoms with E-state index in [1.165, 1.54) is 0 Å². The van der Waals surface area contributed by atoms with Gasteiger partial charge < -0.3 is 20.3 Å². The lowest BCUT2D eigenvalue weighted by atomic mass is 10.1. The first-order chi connectivity index (χ1) is 13.5. The van der Waals surface area contributed by atoms with Crippen molar-refractivity contribution in [1.29, 1.82) is 0 Å². The van der Waals surface area contributed by atoms with E-state index in [-0.39, 0.29) is 12.0 Å². The van der Waals surface area contributed by atoms with Crippen molar-refractivity contribution in [2.24, 2.45) is 0 Å². The van der Waals surface area contributed by atoms with Gasteiger partial charge in [-0.05, 0) is 49.2 Å². The molecule has 1 aliphatic heterocycles. The molecular formula is C21H25Cl2N3O2. The van der Waals surface area contributed by atoms with Crippen molar-refractivity contribution in [3.05, 3.63) is 58.1 Å². The molecule has 0 atom stereocenters. The van der Waals surface area contributed by atoms with Crippen LogP contribution in [0.3, 0.4) is 0 Å². The molecule has 1 amide bonds. The van der Waals surface area contributed by atoms with Crippen molar-refractivity contribution >= 4 is 34.8 Å². The summed E-state index contributed by atoms with van der Waals surface area (Å²) >= 11 is 12.0. The summed E-state index contributed by atoms with van der Waals surface area (Å²) in [5, 5.41) is 7.07. The molecule has 0 saturated carbocycles. The summed E-state index contributed by atoms with van der Waals surface area (Å²) in [6.07, 6.45) is 2.06. The maximum Gasteiger partial charge on any atom is 0.251 e. The average Bonchev–Trinajstić information content (AvgIpc) is 2.72. The molecule has 3 rings (SSSR count). The number of carbonyl (C=O) groups is 1. The van der Waals surface area contributed by atoms with Crippen LogP contribution in [0.25, 0.3) is 0 Å². The Hall–Kier alpha value is -1.95. The molecule has 7 heteroatoms. The highest BCUT2D eigenvalue weighted by Crippen LogP contribution is 2.28. The van der Waals surface area contributed by atoms with Gasteiger partial charge in [0.1, 0.15) is 11.9 Å². The number of piperidine rings is 1. The number of hydrogen-bond donors (Lipinski definition) is 2. The van der Waals surface area contributed by atoms with E-state index >= 15 is 0 Å². The lowest BCUT2D eigenvalue weighted by Gasteiger charge is -2.32. The highest BCUT2D eigenvalue weighted by atomic mass is 35.5. The Bertz CT molecular complexity index is 791. The monoisotopic (exact) mass is 421 g/mol. The molecule has 2 aromatic carbocycles. The Balaban J connectivity index is 1.37. The normalized spacial score (nSPS) is 15.2. The summed E-state index contributed by atoms with van der Waals surface area (Å²) in [5.41, 5.74) is 1.66. The lowest BCUT2D eigenvalue weighted by Crippen LogP contribution is -2.42. The fourth-order valence-corrected chi connectivity index (χ4v) is 3.50. The Morgan fingerprint density at radius 1 is 1.11 bits per heavy atom. The van der Waals surface area contributed by atoms with Crippen LogP contribution < -0.4 is 15.4 Å². The Morgan fingerprint density at radius 2 is 1.82 bits per heavy atom. The van der Waals surface area contributed by atoms with Crippen LogP contribution in [-0.2, 0) is 0 Å². The number of amides is 1. The third-order valence-corrected chi connectivity index (χ3v) is 5.62. The van der Waals surface area contributed by atoms with E-state index in [0.29, 0.717) is 22.2 Å². The summed E-state index contributed by atoms with van der Waals surface area (Å²) in [5.74, 6) is 0.713. The molecule has 1 fully saturated rings. The summed E-state index contributed by atoms with van der Waals surface area (Å²) in [6, 6.07) is 12.8. The molecule has 5 nitrogen and oxygen atoms in total. The van der Waals surface area contributed by atoms with Gasteiger partial charge in [0, 0.05) is 50.5 Å². The van der Waals surface area contributed by atoms with Gasteiger partial charge >= 0.3 is 0 Å². The van der Waals surface area contributed by atoms with Crippen molar-refractivity contribution in [2.75, 3.05) is 38.5 Å². The number of nitrogens with one attached hydrogen (secondary N) is 2. The van der Waals surface area contributed by atoms with Gasteiger partial charge in [0.15, 0.2) is 0 Å². The number of benzene rings is 2. The maximum absolute atomic E-state index is 12.2. The molecule has 0 aromatic heterocycles. The molecule has 1 saturated heterocycles. The molecular weight excluding hydrogens is 397 g/mol. The van der Waals surface area contributed by atoms with Crippen molar-refractivity contribution in [3.63, 3.8) is 0 Å². The van der Waals surface area contributed by atoms with Crippen LogP contribution in [0.5, 0.6) is 5.75 Å². The first-order valence-corrected chi connectivity index (χ1v) is 10.2. The second kappa shape index (κ2) is 10.0. The molecule has 2 aromatic rings. The van der Waals surface area contributed by atoms with Gasteiger partial charge in [0.05, 0.1) is 10.0 Å². The van der Waals surface area contributed by atoms with Gasteiger partial charge in [-0.15, -0.1) is 0 Å². The first-order valence-electron chi connectivity index (χ1n) is 9.45. The van der Waals surface area contributed by atoms with Crippen LogP contribution in [0.1, 0.15) is 23.2 Å². The summed E-state index contributed by atoms with van der Waals surface area (Å²) in [6.45, 7) is 3.35. The Labute approximate surface area is 176 Å². The molecule has 0 bridgehead atoms. The molecule has 2 N–H and O–H groups in total. The lowest BCUT2D eigenvalue weighted by molar-refractivity contribution is 0.0905. The van der Waals surface area contributed by atoms with E-state index in [4.69, 9.17) is 27.9 Å². The van der Waals surface area contributed by atoms with Crippen LogP contribution >= 0.6 is 23.2 Å². The fraction of sp³-hybridized carbons (Fsp3) is 0.381. The SMILES string of the molecule is CNc1ccc(C(=O)NCCN2CCC(Oc3ccc(Cl)c(Cl)c3)CC2)cc1. The maximum atomic E-state index is 12.2. The third-order valence-electron chi connectivity index (χ3n) is 4.88. The minimum absolute atomic E-state index is 0.0412. The minimum atomic E-state index is -0.0412. The summed E-state index contributed by atoms with van der Waals surface area (Å²) in [7, 11) is 1.86. The van der Waals surface area contributed by atoms with E-state index in [2.05, 4.69) is 15.5 Å². The van der Waals surface area contributed by atoms with Crippen molar-refractivity contribution in [2.45, 2.75) is 18.9 Å². The summed E-state index contributed by atoms with van der Waals surface area (Å²) < 4.78 is 6.01. The molecule has 1 aliphatic rings. The molecule has 0 unspecified atom stereocenters. The predicted octanol–water partition coefficient (Wildman–Crippen LogP) is 4.31. The number of ether oxygens (including phenoxy) is 1. The smallest absolute Gasteiger partial charge is 0.251 e.